The van der Waals surface area contributed by atoms with Crippen LogP contribution in [0.25, 0.3) is 0 Å². The molecule has 1 aromatic carbocycles. The summed E-state index contributed by atoms with van der Waals surface area (Å²) in [6.45, 7) is 3.32. The first-order chi connectivity index (χ1) is 9.31. The van der Waals surface area contributed by atoms with Crippen LogP contribution in [0.1, 0.15) is 13.8 Å². The van der Waals surface area contributed by atoms with Crippen LogP contribution in [-0.2, 0) is 4.79 Å². The summed E-state index contributed by atoms with van der Waals surface area (Å²) < 4.78 is 26.2. The van der Waals surface area contributed by atoms with Crippen molar-refractivity contribution in [3.63, 3.8) is 0 Å². The Balaban J connectivity index is 2.60. The molecule has 2 amide bonds. The molecule has 0 aliphatic heterocycles. The minimum atomic E-state index is -1.03. The number of benzene rings is 1. The van der Waals surface area contributed by atoms with Crippen LogP contribution < -0.4 is 10.6 Å². The van der Waals surface area contributed by atoms with Gasteiger partial charge in [-0.15, -0.1) is 0 Å². The van der Waals surface area contributed by atoms with Crippen LogP contribution in [0, 0.1) is 23.5 Å². The number of anilines is 1. The van der Waals surface area contributed by atoms with E-state index in [1.165, 1.54) is 0 Å². The fourth-order valence-electron chi connectivity index (χ4n) is 1.57. The van der Waals surface area contributed by atoms with Gasteiger partial charge in [0, 0.05) is 12.6 Å². The van der Waals surface area contributed by atoms with E-state index in [1.807, 2.05) is 0 Å². The summed E-state index contributed by atoms with van der Waals surface area (Å²) in [7, 11) is 0. The number of carbonyl (C=O) groups is 2. The molecule has 20 heavy (non-hydrogen) atoms. The number of nitrogens with one attached hydrogen (secondary N) is 2. The van der Waals surface area contributed by atoms with Crippen molar-refractivity contribution in [2.24, 2.45) is 11.8 Å². The van der Waals surface area contributed by atoms with Gasteiger partial charge in [-0.3, -0.25) is 4.79 Å². The minimum absolute atomic E-state index is 0.101. The van der Waals surface area contributed by atoms with Crippen LogP contribution >= 0.6 is 0 Å². The van der Waals surface area contributed by atoms with Gasteiger partial charge in [-0.1, -0.05) is 13.8 Å². The Kier molecular flexibility index (Phi) is 5.42. The van der Waals surface area contributed by atoms with E-state index in [0.29, 0.717) is 0 Å². The molecule has 0 aliphatic carbocycles. The first-order valence-electron chi connectivity index (χ1n) is 6.04. The summed E-state index contributed by atoms with van der Waals surface area (Å²) in [5.41, 5.74) is -0.307. The Morgan fingerprint density at radius 1 is 1.30 bits per heavy atom. The molecule has 0 spiro atoms. The van der Waals surface area contributed by atoms with Crippen molar-refractivity contribution >= 4 is 17.7 Å². The van der Waals surface area contributed by atoms with Crippen molar-refractivity contribution in [2.75, 3.05) is 11.9 Å². The second-order valence-electron chi connectivity index (χ2n) is 4.65. The number of carbonyl (C=O) groups excluding carboxylic acids is 1. The number of carboxylic acids is 1. The lowest BCUT2D eigenvalue weighted by atomic mass is 9.96. The highest BCUT2D eigenvalue weighted by molar-refractivity contribution is 5.89. The number of urea groups is 1. The van der Waals surface area contributed by atoms with Gasteiger partial charge in [-0.25, -0.2) is 13.6 Å². The molecule has 7 heteroatoms. The fourth-order valence-corrected chi connectivity index (χ4v) is 1.57. The van der Waals surface area contributed by atoms with Gasteiger partial charge in [0.15, 0.2) is 0 Å². The molecular formula is C13H16F2N2O3. The van der Waals surface area contributed by atoms with Gasteiger partial charge in [0.1, 0.15) is 11.6 Å². The predicted octanol–water partition coefficient (Wildman–Crippen LogP) is 2.44. The van der Waals surface area contributed by atoms with Crippen molar-refractivity contribution in [1.82, 2.24) is 5.32 Å². The zero-order chi connectivity index (χ0) is 15.3. The van der Waals surface area contributed by atoms with Gasteiger partial charge in [-0.2, -0.15) is 0 Å². The second-order valence-corrected chi connectivity index (χ2v) is 4.65. The average molecular weight is 286 g/mol. The Hall–Kier alpha value is -2.18. The van der Waals surface area contributed by atoms with E-state index < -0.39 is 29.6 Å². The molecule has 0 saturated heterocycles. The third-order valence-corrected chi connectivity index (χ3v) is 2.78. The summed E-state index contributed by atoms with van der Waals surface area (Å²) >= 11 is 0. The molecule has 1 unspecified atom stereocenters. The highest BCUT2D eigenvalue weighted by Gasteiger charge is 2.22. The lowest BCUT2D eigenvalue weighted by Crippen LogP contribution is -2.37. The topological polar surface area (TPSA) is 78.4 Å². The van der Waals surface area contributed by atoms with Gasteiger partial charge < -0.3 is 15.7 Å². The van der Waals surface area contributed by atoms with E-state index in [-0.39, 0.29) is 18.2 Å². The standard InChI is InChI=1S/C13H16F2N2O3/c1-7(2)9(12(18)19)6-16-13(20)17-11-5-8(14)3-4-10(11)15/h3-5,7,9H,6H2,1-2H3,(H,18,19)(H2,16,17,20). The molecule has 0 fully saturated rings. The van der Waals surface area contributed by atoms with Gasteiger partial charge in [0.2, 0.25) is 0 Å². The molecule has 0 radical (unpaired) electrons. The number of amides is 2. The first kappa shape index (κ1) is 15.9. The molecule has 0 heterocycles. The zero-order valence-corrected chi connectivity index (χ0v) is 11.1. The van der Waals surface area contributed by atoms with Crippen LogP contribution in [-0.4, -0.2) is 23.7 Å². The van der Waals surface area contributed by atoms with Crippen LogP contribution in [0.5, 0.6) is 0 Å². The fraction of sp³-hybridized carbons (Fsp3) is 0.385. The normalized spacial score (nSPS) is 12.1. The van der Waals surface area contributed by atoms with Crippen LogP contribution in [0.15, 0.2) is 18.2 Å². The minimum Gasteiger partial charge on any atom is -0.481 e. The highest BCUT2D eigenvalue weighted by Crippen LogP contribution is 2.15. The highest BCUT2D eigenvalue weighted by atomic mass is 19.1. The smallest absolute Gasteiger partial charge is 0.319 e. The monoisotopic (exact) mass is 286 g/mol. The van der Waals surface area contributed by atoms with Crippen LogP contribution in [0.3, 0.4) is 0 Å². The first-order valence-corrected chi connectivity index (χ1v) is 6.04. The Bertz CT molecular complexity index is 506. The quantitative estimate of drug-likeness (QED) is 0.778. The number of aliphatic carboxylic acids is 1. The third-order valence-electron chi connectivity index (χ3n) is 2.78. The lowest BCUT2D eigenvalue weighted by Gasteiger charge is -2.17. The van der Waals surface area contributed by atoms with E-state index in [9.17, 15) is 18.4 Å². The van der Waals surface area contributed by atoms with Crippen molar-refractivity contribution in [2.45, 2.75) is 13.8 Å². The molecule has 5 nitrogen and oxygen atoms in total. The van der Waals surface area contributed by atoms with Crippen LogP contribution in [0.4, 0.5) is 19.3 Å². The maximum atomic E-state index is 13.3. The van der Waals surface area contributed by atoms with Crippen LogP contribution in [0.2, 0.25) is 0 Å². The van der Waals surface area contributed by atoms with E-state index >= 15 is 0 Å². The number of hydrogen-bond donors (Lipinski definition) is 3. The zero-order valence-electron chi connectivity index (χ0n) is 11.1. The maximum absolute atomic E-state index is 13.3. The molecule has 0 aromatic heterocycles. The van der Waals surface area contributed by atoms with Crippen molar-refractivity contribution < 1.29 is 23.5 Å². The molecule has 3 N–H and O–H groups in total. The predicted molar refractivity (Wildman–Crippen MR) is 69.3 cm³/mol. The molecule has 1 aromatic rings. The summed E-state index contributed by atoms with van der Waals surface area (Å²) in [4.78, 5) is 22.5. The lowest BCUT2D eigenvalue weighted by molar-refractivity contribution is -0.142. The molecule has 1 atom stereocenters. The van der Waals surface area contributed by atoms with Crippen molar-refractivity contribution in [3.8, 4) is 0 Å². The number of halogens is 2. The summed E-state index contributed by atoms with van der Waals surface area (Å²) in [6, 6.07) is 1.87. The van der Waals surface area contributed by atoms with Gasteiger partial charge in [-0.05, 0) is 18.1 Å². The largest absolute Gasteiger partial charge is 0.481 e. The number of carboxylic acid groups (broad SMARTS) is 1. The van der Waals surface area contributed by atoms with E-state index in [4.69, 9.17) is 5.11 Å². The summed E-state index contributed by atoms with van der Waals surface area (Å²) in [6.07, 6.45) is 0. The number of rotatable bonds is 5. The second kappa shape index (κ2) is 6.83. The summed E-state index contributed by atoms with van der Waals surface area (Å²) in [5, 5.41) is 13.4. The van der Waals surface area contributed by atoms with Gasteiger partial charge in [0.05, 0.1) is 11.6 Å². The van der Waals surface area contributed by atoms with Gasteiger partial charge >= 0.3 is 12.0 Å². The Morgan fingerprint density at radius 2 is 1.95 bits per heavy atom. The van der Waals surface area contributed by atoms with E-state index in [0.717, 1.165) is 18.2 Å². The molecular weight excluding hydrogens is 270 g/mol. The Morgan fingerprint density at radius 3 is 2.50 bits per heavy atom. The molecule has 0 saturated carbocycles. The molecule has 110 valence electrons. The molecule has 0 bridgehead atoms. The third kappa shape index (κ3) is 4.49. The molecule has 0 aliphatic rings. The van der Waals surface area contributed by atoms with E-state index in [2.05, 4.69) is 10.6 Å². The van der Waals surface area contributed by atoms with Crippen molar-refractivity contribution in [1.29, 1.82) is 0 Å². The van der Waals surface area contributed by atoms with E-state index in [1.54, 1.807) is 13.8 Å². The van der Waals surface area contributed by atoms with Gasteiger partial charge in [0.25, 0.3) is 0 Å². The maximum Gasteiger partial charge on any atom is 0.319 e. The Labute approximate surface area is 115 Å². The summed E-state index contributed by atoms with van der Waals surface area (Å²) in [5.74, 6) is -3.42. The molecule has 1 rings (SSSR count). The number of hydrogen-bond acceptors (Lipinski definition) is 2. The van der Waals surface area contributed by atoms with Crippen molar-refractivity contribution in [3.05, 3.63) is 29.8 Å². The SMILES string of the molecule is CC(C)C(CNC(=O)Nc1cc(F)ccc1F)C(=O)O. The average Bonchev–Trinajstić information content (AvgIpc) is 2.33.